The third-order valence-corrected chi connectivity index (χ3v) is 4.10. The number of halogens is 1. The van der Waals surface area contributed by atoms with Gasteiger partial charge in [-0.25, -0.2) is 12.8 Å². The van der Waals surface area contributed by atoms with E-state index in [1.54, 1.807) is 0 Å². The Labute approximate surface area is 105 Å². The number of nitrogens with one attached hydrogen (secondary N) is 1. The number of hydrogen-bond donors (Lipinski definition) is 2. The smallest absolute Gasteiger partial charge is 0.253 e. The molecule has 3 N–H and O–H groups in total. The van der Waals surface area contributed by atoms with Gasteiger partial charge >= 0.3 is 0 Å². The first-order chi connectivity index (χ1) is 8.35. The molecule has 0 aliphatic carbocycles. The Hall–Kier alpha value is -1.63. The molecule has 0 heterocycles. The summed E-state index contributed by atoms with van der Waals surface area (Å²) in [6.07, 6.45) is 0. The molecule has 0 saturated carbocycles. The van der Waals surface area contributed by atoms with Crippen LogP contribution in [0.1, 0.15) is 17.3 Å². The van der Waals surface area contributed by atoms with Gasteiger partial charge in [0.1, 0.15) is 5.82 Å². The standard InChI is InChI=1S/C11H15FN2O3S/c1-2-18(16,17)6-5-14-11(15)9-7-8(12)3-4-10(9)13/h3-4,7H,2,5-6,13H2,1H3,(H,14,15). The second-order valence-corrected chi connectivity index (χ2v) is 6.20. The van der Waals surface area contributed by atoms with Crippen LogP contribution >= 0.6 is 0 Å². The van der Waals surface area contributed by atoms with E-state index in [0.717, 1.165) is 12.1 Å². The first-order valence-corrected chi connectivity index (χ1v) is 7.21. The Kier molecular flexibility index (Phi) is 4.66. The number of nitrogens with two attached hydrogens (primary N) is 1. The highest BCUT2D eigenvalue weighted by atomic mass is 32.2. The lowest BCUT2D eigenvalue weighted by Gasteiger charge is -2.07. The van der Waals surface area contributed by atoms with Gasteiger partial charge in [0, 0.05) is 18.0 Å². The van der Waals surface area contributed by atoms with Crippen molar-refractivity contribution in [3.63, 3.8) is 0 Å². The first kappa shape index (κ1) is 14.4. The molecule has 0 spiro atoms. The molecule has 1 aromatic carbocycles. The van der Waals surface area contributed by atoms with E-state index in [4.69, 9.17) is 5.73 Å². The molecule has 1 amide bonds. The number of carbonyl (C=O) groups is 1. The molecule has 100 valence electrons. The van der Waals surface area contributed by atoms with Crippen molar-refractivity contribution in [3.8, 4) is 0 Å². The fourth-order valence-electron chi connectivity index (χ4n) is 1.28. The zero-order valence-corrected chi connectivity index (χ0v) is 10.8. The summed E-state index contributed by atoms with van der Waals surface area (Å²) >= 11 is 0. The van der Waals surface area contributed by atoms with Crippen molar-refractivity contribution in [2.75, 3.05) is 23.8 Å². The molecule has 5 nitrogen and oxygen atoms in total. The lowest BCUT2D eigenvalue weighted by Crippen LogP contribution is -2.30. The molecule has 0 aliphatic heterocycles. The van der Waals surface area contributed by atoms with Crippen molar-refractivity contribution in [2.45, 2.75) is 6.92 Å². The van der Waals surface area contributed by atoms with Gasteiger partial charge in [-0.15, -0.1) is 0 Å². The normalized spacial score (nSPS) is 11.2. The molecule has 0 atom stereocenters. The summed E-state index contributed by atoms with van der Waals surface area (Å²) in [6, 6.07) is 3.44. The Bertz CT molecular complexity index is 543. The van der Waals surface area contributed by atoms with Gasteiger partial charge < -0.3 is 11.1 Å². The van der Waals surface area contributed by atoms with Crippen LogP contribution in [-0.2, 0) is 9.84 Å². The van der Waals surface area contributed by atoms with Gasteiger partial charge in [-0.1, -0.05) is 6.92 Å². The van der Waals surface area contributed by atoms with Crippen LogP contribution in [0.25, 0.3) is 0 Å². The number of nitrogen functional groups attached to an aromatic ring is 1. The lowest BCUT2D eigenvalue weighted by molar-refractivity contribution is 0.0956. The number of carbonyl (C=O) groups excluding carboxylic acids is 1. The van der Waals surface area contributed by atoms with E-state index in [1.165, 1.54) is 13.0 Å². The number of benzene rings is 1. The quantitative estimate of drug-likeness (QED) is 0.768. The van der Waals surface area contributed by atoms with Crippen LogP contribution in [-0.4, -0.2) is 32.4 Å². The van der Waals surface area contributed by atoms with E-state index >= 15 is 0 Å². The third kappa shape index (κ3) is 3.99. The van der Waals surface area contributed by atoms with Gasteiger partial charge in [0.25, 0.3) is 5.91 Å². The average Bonchev–Trinajstić information content (AvgIpc) is 2.32. The Morgan fingerprint density at radius 1 is 1.44 bits per heavy atom. The molecule has 0 fully saturated rings. The summed E-state index contributed by atoms with van der Waals surface area (Å²) in [6.45, 7) is 1.51. The van der Waals surface area contributed by atoms with Crippen molar-refractivity contribution >= 4 is 21.4 Å². The second-order valence-electron chi connectivity index (χ2n) is 3.72. The highest BCUT2D eigenvalue weighted by Gasteiger charge is 2.12. The third-order valence-electron chi connectivity index (χ3n) is 2.40. The van der Waals surface area contributed by atoms with Crippen molar-refractivity contribution in [3.05, 3.63) is 29.6 Å². The van der Waals surface area contributed by atoms with Gasteiger partial charge in [0.2, 0.25) is 0 Å². The topological polar surface area (TPSA) is 89.3 Å². The van der Waals surface area contributed by atoms with Crippen LogP contribution in [0, 0.1) is 5.82 Å². The molecular formula is C11H15FN2O3S. The summed E-state index contributed by atoms with van der Waals surface area (Å²) in [5.41, 5.74) is 5.68. The number of anilines is 1. The Balaban J connectivity index is 2.64. The van der Waals surface area contributed by atoms with E-state index in [1.807, 2.05) is 0 Å². The number of rotatable bonds is 5. The van der Waals surface area contributed by atoms with Gasteiger partial charge in [0.05, 0.1) is 11.3 Å². The molecule has 1 aromatic rings. The second kappa shape index (κ2) is 5.81. The number of hydrogen-bond acceptors (Lipinski definition) is 4. The van der Waals surface area contributed by atoms with E-state index < -0.39 is 21.6 Å². The highest BCUT2D eigenvalue weighted by molar-refractivity contribution is 7.91. The SMILES string of the molecule is CCS(=O)(=O)CCNC(=O)c1cc(F)ccc1N. The van der Waals surface area contributed by atoms with Crippen LogP contribution in [0.5, 0.6) is 0 Å². The monoisotopic (exact) mass is 274 g/mol. The van der Waals surface area contributed by atoms with Gasteiger partial charge in [-0.2, -0.15) is 0 Å². The zero-order chi connectivity index (χ0) is 13.8. The highest BCUT2D eigenvalue weighted by Crippen LogP contribution is 2.12. The van der Waals surface area contributed by atoms with Crippen LogP contribution in [0.2, 0.25) is 0 Å². The minimum absolute atomic E-state index is 0.00361. The molecule has 0 aliphatic rings. The maximum absolute atomic E-state index is 12.9. The van der Waals surface area contributed by atoms with Crippen molar-refractivity contribution < 1.29 is 17.6 Å². The summed E-state index contributed by atoms with van der Waals surface area (Å²) in [5.74, 6) is -1.29. The number of sulfone groups is 1. The minimum Gasteiger partial charge on any atom is -0.398 e. The predicted octanol–water partition coefficient (Wildman–Crippen LogP) is 0.572. The minimum atomic E-state index is -3.14. The van der Waals surface area contributed by atoms with E-state index in [2.05, 4.69) is 5.32 Å². The molecule has 18 heavy (non-hydrogen) atoms. The molecular weight excluding hydrogens is 259 g/mol. The van der Waals surface area contributed by atoms with Crippen LogP contribution in [0.3, 0.4) is 0 Å². The predicted molar refractivity (Wildman–Crippen MR) is 67.5 cm³/mol. The Morgan fingerprint density at radius 3 is 2.72 bits per heavy atom. The van der Waals surface area contributed by atoms with Crippen LogP contribution in [0.4, 0.5) is 10.1 Å². The molecule has 0 unspecified atom stereocenters. The molecule has 0 radical (unpaired) electrons. The van der Waals surface area contributed by atoms with Crippen LogP contribution < -0.4 is 11.1 Å². The van der Waals surface area contributed by atoms with E-state index in [0.29, 0.717) is 0 Å². The zero-order valence-electron chi connectivity index (χ0n) is 9.94. The molecule has 7 heteroatoms. The van der Waals surface area contributed by atoms with Crippen molar-refractivity contribution in [1.29, 1.82) is 0 Å². The summed E-state index contributed by atoms with van der Waals surface area (Å²) < 4.78 is 35.3. The number of amides is 1. The summed E-state index contributed by atoms with van der Waals surface area (Å²) in [5, 5.41) is 2.39. The maximum atomic E-state index is 12.9. The molecule has 1 rings (SSSR count). The van der Waals surface area contributed by atoms with E-state index in [9.17, 15) is 17.6 Å². The average molecular weight is 274 g/mol. The van der Waals surface area contributed by atoms with Crippen LogP contribution in [0.15, 0.2) is 18.2 Å². The Morgan fingerprint density at radius 2 is 2.11 bits per heavy atom. The molecule has 0 bridgehead atoms. The maximum Gasteiger partial charge on any atom is 0.253 e. The molecule has 0 aromatic heterocycles. The van der Waals surface area contributed by atoms with E-state index in [-0.39, 0.29) is 29.3 Å². The summed E-state index contributed by atoms with van der Waals surface area (Å²) in [4.78, 5) is 11.6. The van der Waals surface area contributed by atoms with Gasteiger partial charge in [-0.05, 0) is 18.2 Å². The van der Waals surface area contributed by atoms with Gasteiger partial charge in [0.15, 0.2) is 9.84 Å². The van der Waals surface area contributed by atoms with Crippen molar-refractivity contribution in [2.24, 2.45) is 0 Å². The van der Waals surface area contributed by atoms with Crippen molar-refractivity contribution in [1.82, 2.24) is 5.32 Å². The summed E-state index contributed by atoms with van der Waals surface area (Å²) in [7, 11) is -3.14. The van der Waals surface area contributed by atoms with Gasteiger partial charge in [-0.3, -0.25) is 4.79 Å². The largest absolute Gasteiger partial charge is 0.398 e. The fraction of sp³-hybridized carbons (Fsp3) is 0.364. The molecule has 0 saturated heterocycles. The first-order valence-electron chi connectivity index (χ1n) is 5.39. The fourth-order valence-corrected chi connectivity index (χ4v) is 1.99. The lowest BCUT2D eigenvalue weighted by atomic mass is 10.1.